The van der Waals surface area contributed by atoms with E-state index in [0.29, 0.717) is 30.4 Å². The molecule has 0 aliphatic carbocycles. The highest BCUT2D eigenvalue weighted by Gasteiger charge is 2.09. The lowest BCUT2D eigenvalue weighted by Gasteiger charge is -2.06. The number of furan rings is 1. The van der Waals surface area contributed by atoms with Gasteiger partial charge in [0, 0.05) is 35.1 Å². The third-order valence-corrected chi connectivity index (χ3v) is 3.97. The van der Waals surface area contributed by atoms with E-state index in [1.165, 1.54) is 7.05 Å². The minimum absolute atomic E-state index is 0.285. The van der Waals surface area contributed by atoms with Crippen LogP contribution < -0.4 is 5.32 Å². The second kappa shape index (κ2) is 9.31. The van der Waals surface area contributed by atoms with E-state index in [-0.39, 0.29) is 12.4 Å². The van der Waals surface area contributed by atoms with Crippen molar-refractivity contribution in [3.8, 4) is 0 Å². The molecule has 1 unspecified atom stereocenters. The zero-order chi connectivity index (χ0) is 16.5. The van der Waals surface area contributed by atoms with Gasteiger partial charge in [-0.05, 0) is 26.2 Å². The van der Waals surface area contributed by atoms with E-state index in [2.05, 4.69) is 10.3 Å². The van der Waals surface area contributed by atoms with Gasteiger partial charge in [0.1, 0.15) is 11.5 Å². The zero-order valence-electron chi connectivity index (χ0n) is 13.1. The predicted octanol–water partition coefficient (Wildman–Crippen LogP) is 0.484. The molecule has 1 rings (SSSR count). The van der Waals surface area contributed by atoms with Gasteiger partial charge in [0.2, 0.25) is 0 Å². The van der Waals surface area contributed by atoms with Crippen LogP contribution >= 0.6 is 0 Å². The number of aliphatic imine (C=N–C) groups is 1. The molecule has 0 saturated heterocycles. The third kappa shape index (κ3) is 7.32. The Morgan fingerprint density at radius 1 is 1.45 bits per heavy atom. The van der Waals surface area contributed by atoms with Crippen LogP contribution in [0.25, 0.3) is 0 Å². The minimum atomic E-state index is -1.10. The number of rotatable bonds is 9. The summed E-state index contributed by atoms with van der Waals surface area (Å²) in [7, 11) is 4.28. The molecule has 0 spiro atoms. The largest absolute Gasteiger partial charge is 0.464 e. The summed E-state index contributed by atoms with van der Waals surface area (Å²) < 4.78 is 17.6. The summed E-state index contributed by atoms with van der Waals surface area (Å²) in [6.45, 7) is 0.721. The minimum Gasteiger partial charge on any atom is -0.464 e. The van der Waals surface area contributed by atoms with Crippen molar-refractivity contribution >= 4 is 16.6 Å². The van der Waals surface area contributed by atoms with Crippen LogP contribution in [-0.4, -0.2) is 59.9 Å². The molecule has 0 radical (unpaired) electrons. The zero-order valence-corrected chi connectivity index (χ0v) is 13.9. The van der Waals surface area contributed by atoms with Crippen molar-refractivity contribution in [1.29, 1.82) is 0 Å². The summed E-state index contributed by atoms with van der Waals surface area (Å²) in [5.74, 6) is 2.52. The molecule has 1 atom stereocenters. The molecule has 0 saturated carbocycles. The lowest BCUT2D eigenvalue weighted by atomic mass is 10.4. The highest BCUT2D eigenvalue weighted by molar-refractivity contribution is 7.84. The van der Waals surface area contributed by atoms with Crippen molar-refractivity contribution in [2.75, 3.05) is 40.0 Å². The summed E-state index contributed by atoms with van der Waals surface area (Å²) >= 11 is 0. The molecule has 0 aliphatic heterocycles. The van der Waals surface area contributed by atoms with Gasteiger partial charge in [-0.3, -0.25) is 19.3 Å². The van der Waals surface area contributed by atoms with Gasteiger partial charge in [-0.1, -0.05) is 0 Å². The Bertz CT molecular complexity index is 542. The number of hydrogen-bond donors (Lipinski definition) is 1. The van der Waals surface area contributed by atoms with Crippen LogP contribution in [0, 0.1) is 10.1 Å². The summed E-state index contributed by atoms with van der Waals surface area (Å²) in [5, 5.41) is 13.2. The van der Waals surface area contributed by atoms with E-state index in [9.17, 15) is 14.3 Å². The molecular weight excluding hydrogens is 308 g/mol. The van der Waals surface area contributed by atoms with E-state index in [4.69, 9.17) is 4.42 Å². The molecular formula is C13H22N4O4S. The summed E-state index contributed by atoms with van der Waals surface area (Å²) in [6.07, 6.45) is 0. The lowest BCUT2D eigenvalue weighted by molar-refractivity contribution is -0.463. The molecule has 1 aromatic rings. The lowest BCUT2D eigenvalue weighted by Crippen LogP contribution is -2.33. The van der Waals surface area contributed by atoms with E-state index in [1.807, 2.05) is 31.1 Å². The van der Waals surface area contributed by atoms with Gasteiger partial charge in [-0.2, -0.15) is 0 Å². The Morgan fingerprint density at radius 2 is 2.14 bits per heavy atom. The maximum absolute atomic E-state index is 12.0. The molecule has 9 heteroatoms. The Balaban J connectivity index is 2.34. The molecule has 1 aromatic heterocycles. The topological polar surface area (TPSA) is 101 Å². The quantitative estimate of drug-likeness (QED) is 0.306. The Labute approximate surface area is 132 Å². The van der Waals surface area contributed by atoms with Gasteiger partial charge in [0.05, 0.1) is 12.3 Å². The Morgan fingerprint density at radius 3 is 2.73 bits per heavy atom. The highest BCUT2D eigenvalue weighted by atomic mass is 32.2. The molecule has 124 valence electrons. The van der Waals surface area contributed by atoms with Crippen LogP contribution in [0.15, 0.2) is 21.5 Å². The molecule has 1 heterocycles. The maximum atomic E-state index is 12.0. The van der Waals surface area contributed by atoms with Crippen molar-refractivity contribution in [1.82, 2.24) is 10.2 Å². The van der Waals surface area contributed by atoms with Gasteiger partial charge in [0.25, 0.3) is 6.54 Å². The Kier molecular flexibility index (Phi) is 7.75. The van der Waals surface area contributed by atoms with Crippen LogP contribution in [0.5, 0.6) is 0 Å². The fourth-order valence-corrected chi connectivity index (χ4v) is 2.71. The van der Waals surface area contributed by atoms with Crippen molar-refractivity contribution in [3.05, 3.63) is 33.8 Å². The van der Waals surface area contributed by atoms with Crippen molar-refractivity contribution in [2.45, 2.75) is 12.3 Å². The molecule has 0 bridgehead atoms. The molecule has 8 nitrogen and oxygen atoms in total. The Hall–Kier alpha value is -1.74. The van der Waals surface area contributed by atoms with Crippen LogP contribution in [0.4, 0.5) is 0 Å². The van der Waals surface area contributed by atoms with Crippen LogP contribution in [-0.2, 0) is 23.1 Å². The smallest absolute Gasteiger partial charge is 0.259 e. The normalized spacial score (nSPS) is 13.4. The summed E-state index contributed by atoms with van der Waals surface area (Å²) in [4.78, 5) is 15.7. The number of amidine groups is 1. The highest BCUT2D eigenvalue weighted by Crippen LogP contribution is 2.11. The summed E-state index contributed by atoms with van der Waals surface area (Å²) in [5.41, 5.74) is 0. The van der Waals surface area contributed by atoms with Crippen molar-refractivity contribution in [2.24, 2.45) is 4.99 Å². The monoisotopic (exact) mass is 330 g/mol. The average molecular weight is 330 g/mol. The molecule has 1 N–H and O–H groups in total. The van der Waals surface area contributed by atoms with E-state index < -0.39 is 15.7 Å². The first-order valence-corrected chi connectivity index (χ1v) is 8.28. The fraction of sp³-hybridized carbons (Fsp3) is 0.615. The second-order valence-corrected chi connectivity index (χ2v) is 6.56. The second-order valence-electron chi connectivity index (χ2n) is 4.98. The van der Waals surface area contributed by atoms with Crippen LogP contribution in [0.2, 0.25) is 0 Å². The standard InChI is InChI=1S/C13H22N4O4S/c1-14-13(9-17(18)19)15-6-7-22(20)10-12-5-4-11(21-12)8-16(2)3/h4-5H,6-10H2,1-3H3,(H,14,15). The van der Waals surface area contributed by atoms with E-state index in [1.54, 1.807) is 0 Å². The van der Waals surface area contributed by atoms with Gasteiger partial charge in [-0.15, -0.1) is 0 Å². The third-order valence-electron chi connectivity index (χ3n) is 2.70. The number of nitro groups is 1. The number of hydrogen-bond acceptors (Lipinski definition) is 6. The molecule has 0 aromatic carbocycles. The number of nitrogens with one attached hydrogen (secondary N) is 1. The average Bonchev–Trinajstić information content (AvgIpc) is 2.83. The van der Waals surface area contributed by atoms with Crippen molar-refractivity contribution < 1.29 is 13.5 Å². The summed E-state index contributed by atoms with van der Waals surface area (Å²) in [6, 6.07) is 3.71. The van der Waals surface area contributed by atoms with Crippen LogP contribution in [0.3, 0.4) is 0 Å². The van der Waals surface area contributed by atoms with Gasteiger partial charge < -0.3 is 14.6 Å². The first kappa shape index (κ1) is 18.3. The first-order valence-electron chi connectivity index (χ1n) is 6.79. The molecule has 0 amide bonds. The first-order chi connectivity index (χ1) is 10.4. The predicted molar refractivity (Wildman–Crippen MR) is 86.0 cm³/mol. The van der Waals surface area contributed by atoms with E-state index in [0.717, 1.165) is 5.76 Å². The molecule has 22 heavy (non-hydrogen) atoms. The fourth-order valence-electron chi connectivity index (χ4n) is 1.76. The van der Waals surface area contributed by atoms with Gasteiger partial charge in [-0.25, -0.2) is 0 Å². The van der Waals surface area contributed by atoms with Crippen LogP contribution in [0.1, 0.15) is 11.5 Å². The van der Waals surface area contributed by atoms with Gasteiger partial charge in [0.15, 0.2) is 5.84 Å². The number of nitrogens with zero attached hydrogens (tertiary/aromatic N) is 3. The van der Waals surface area contributed by atoms with E-state index >= 15 is 0 Å². The SMILES string of the molecule is CN=C(C[N+](=O)[O-])NCCS(=O)Cc1ccc(CN(C)C)o1. The maximum Gasteiger partial charge on any atom is 0.259 e. The molecule has 0 aliphatic rings. The van der Waals surface area contributed by atoms with Gasteiger partial charge >= 0.3 is 0 Å². The molecule has 0 fully saturated rings. The van der Waals surface area contributed by atoms with Crippen molar-refractivity contribution in [3.63, 3.8) is 0 Å².